The van der Waals surface area contributed by atoms with Crippen molar-refractivity contribution in [2.75, 3.05) is 5.32 Å². The highest BCUT2D eigenvalue weighted by atomic mass is 19.4. The van der Waals surface area contributed by atoms with Crippen LogP contribution in [0.1, 0.15) is 102 Å². The highest BCUT2D eigenvalue weighted by molar-refractivity contribution is 6.15. The minimum absolute atomic E-state index is 0.0764. The number of carbonyl (C=O) groups is 4. The van der Waals surface area contributed by atoms with E-state index in [2.05, 4.69) is 11.9 Å². The van der Waals surface area contributed by atoms with Crippen LogP contribution in [0, 0.1) is 13.8 Å². The number of nitrogens with one attached hydrogen (secondary N) is 2. The van der Waals surface area contributed by atoms with Gasteiger partial charge in [0, 0.05) is 22.5 Å². The lowest BCUT2D eigenvalue weighted by atomic mass is 9.79. The average Bonchev–Trinajstić information content (AvgIpc) is 3.07. The summed E-state index contributed by atoms with van der Waals surface area (Å²) in [5.41, 5.74) is -25.5. The zero-order chi connectivity index (χ0) is 45.8. The van der Waals surface area contributed by atoms with E-state index in [1.165, 1.54) is 20.8 Å². The molecule has 0 aliphatic rings. The lowest BCUT2D eigenvalue weighted by molar-refractivity contribution is -0.376. The molecular weight excluding hydrogens is 828 g/mol. The Morgan fingerprint density at radius 1 is 0.627 bits per heavy atom. The van der Waals surface area contributed by atoms with E-state index in [0.717, 1.165) is 13.8 Å². The molecule has 59 heavy (non-hydrogen) atoms. The van der Waals surface area contributed by atoms with Crippen LogP contribution in [0.3, 0.4) is 0 Å². The standard InChI is InChI=1S/C37H32F12N2O8/c1-7-15(4)20-8-16(5)18(12-25(20)32(58,34(38,39)40)35(41,42)43)19-13-26(33(59,36(44,45)46)37(47,48)49)27(9-17(19)6)51-29(53)22-11-23(30(54)55)21(10-24(22)31(56)57)28(52)50-14(2)3/h8-13,15,58-59H,2,7H2,1,3-6H3,(H,50,52)(H,51,53)(H,54,55)(H,56,57). The van der Waals surface area contributed by atoms with Gasteiger partial charge in [-0.1, -0.05) is 26.5 Å². The Balaban J connectivity index is 2.55. The molecule has 3 rings (SSSR count). The summed E-state index contributed by atoms with van der Waals surface area (Å²) in [6.45, 7) is 9.01. The SMILES string of the molecule is C=C(C)NC(=O)c1cc(C(=O)O)c(C(=O)Nc2cc(C)c(-c3cc(C(O)(C(F)(F)F)C(F)(F)F)c(C(C)CC)cc3C)cc2C(O)(C(F)(F)F)C(F)(F)F)cc1C(=O)O. The second-order valence-electron chi connectivity index (χ2n) is 13.4. The Labute approximate surface area is 325 Å². The summed E-state index contributed by atoms with van der Waals surface area (Å²) in [5, 5.41) is 44.1. The molecule has 0 saturated carbocycles. The lowest BCUT2D eigenvalue weighted by Crippen LogP contribution is -2.54. The zero-order valence-electron chi connectivity index (χ0n) is 30.9. The van der Waals surface area contributed by atoms with Crippen molar-refractivity contribution >= 4 is 29.4 Å². The maximum Gasteiger partial charge on any atom is 0.430 e. The van der Waals surface area contributed by atoms with E-state index in [1.807, 2.05) is 0 Å². The molecule has 2 amide bonds. The van der Waals surface area contributed by atoms with Crippen molar-refractivity contribution in [3.63, 3.8) is 0 Å². The number of benzene rings is 3. The van der Waals surface area contributed by atoms with Gasteiger partial charge in [-0.3, -0.25) is 9.59 Å². The van der Waals surface area contributed by atoms with E-state index in [9.17, 15) is 92.3 Å². The van der Waals surface area contributed by atoms with Crippen LogP contribution in [0.4, 0.5) is 58.4 Å². The molecule has 0 fully saturated rings. The third-order valence-corrected chi connectivity index (χ3v) is 9.30. The van der Waals surface area contributed by atoms with Crippen molar-refractivity contribution in [1.29, 1.82) is 0 Å². The van der Waals surface area contributed by atoms with Crippen molar-refractivity contribution in [1.82, 2.24) is 5.32 Å². The van der Waals surface area contributed by atoms with Gasteiger partial charge in [0.15, 0.2) is 0 Å². The predicted molar refractivity (Wildman–Crippen MR) is 183 cm³/mol. The molecular formula is C37H32F12N2O8. The van der Waals surface area contributed by atoms with Gasteiger partial charge in [-0.15, -0.1) is 0 Å². The normalized spacial score (nSPS) is 13.5. The predicted octanol–water partition coefficient (Wildman–Crippen LogP) is 9.02. The van der Waals surface area contributed by atoms with E-state index in [4.69, 9.17) is 0 Å². The quantitative estimate of drug-likeness (QED) is 0.104. The number of anilines is 1. The van der Waals surface area contributed by atoms with E-state index in [1.54, 1.807) is 5.32 Å². The van der Waals surface area contributed by atoms with Crippen LogP contribution in [0.15, 0.2) is 48.7 Å². The second-order valence-corrected chi connectivity index (χ2v) is 13.4. The Morgan fingerprint density at radius 2 is 1.00 bits per heavy atom. The van der Waals surface area contributed by atoms with Crippen LogP contribution in [-0.4, -0.2) is 68.9 Å². The number of halogens is 12. The lowest BCUT2D eigenvalue weighted by Gasteiger charge is -2.36. The summed E-state index contributed by atoms with van der Waals surface area (Å²) in [6, 6.07) is 1.56. The third kappa shape index (κ3) is 8.59. The van der Waals surface area contributed by atoms with Crippen LogP contribution in [0.2, 0.25) is 0 Å². The first-order chi connectivity index (χ1) is 26.6. The van der Waals surface area contributed by atoms with Crippen molar-refractivity contribution in [2.45, 2.75) is 82.9 Å². The van der Waals surface area contributed by atoms with Gasteiger partial charge in [0.2, 0.25) is 0 Å². The van der Waals surface area contributed by atoms with Gasteiger partial charge >= 0.3 is 36.6 Å². The molecule has 0 aromatic heterocycles. The van der Waals surface area contributed by atoms with Gasteiger partial charge < -0.3 is 31.1 Å². The number of aryl methyl sites for hydroxylation is 2. The van der Waals surface area contributed by atoms with Gasteiger partial charge in [0.25, 0.3) is 23.0 Å². The van der Waals surface area contributed by atoms with E-state index in [-0.39, 0.29) is 35.9 Å². The molecule has 0 bridgehead atoms. The van der Waals surface area contributed by atoms with E-state index in [0.29, 0.717) is 18.2 Å². The number of carboxylic acid groups (broad SMARTS) is 2. The van der Waals surface area contributed by atoms with Crippen molar-refractivity contribution < 1.29 is 92.3 Å². The number of allylic oxidation sites excluding steroid dienone is 1. The number of carbonyl (C=O) groups excluding carboxylic acids is 2. The first-order valence-electron chi connectivity index (χ1n) is 16.5. The van der Waals surface area contributed by atoms with Crippen molar-refractivity contribution in [3.8, 4) is 11.1 Å². The van der Waals surface area contributed by atoms with Crippen LogP contribution in [-0.2, 0) is 11.2 Å². The fraction of sp³-hybridized carbons (Fsp3) is 0.351. The van der Waals surface area contributed by atoms with E-state index >= 15 is 0 Å². The molecule has 3 aromatic carbocycles. The molecule has 0 aliphatic carbocycles. The Kier molecular flexibility index (Phi) is 12.8. The zero-order valence-corrected chi connectivity index (χ0v) is 30.9. The smallest absolute Gasteiger partial charge is 0.430 e. The second kappa shape index (κ2) is 15.8. The van der Waals surface area contributed by atoms with Crippen LogP contribution >= 0.6 is 0 Å². The van der Waals surface area contributed by atoms with Crippen LogP contribution in [0.5, 0.6) is 0 Å². The number of hydrogen-bond donors (Lipinski definition) is 6. The maximum atomic E-state index is 14.5. The Hall–Kier alpha value is -5.64. The number of rotatable bonds is 11. The van der Waals surface area contributed by atoms with E-state index < -0.39 is 127 Å². The third-order valence-electron chi connectivity index (χ3n) is 9.30. The number of alkyl halides is 12. The molecule has 0 aliphatic heterocycles. The first kappa shape index (κ1) is 47.7. The fourth-order valence-corrected chi connectivity index (χ4v) is 6.07. The molecule has 1 atom stereocenters. The molecule has 0 spiro atoms. The Morgan fingerprint density at radius 3 is 1.37 bits per heavy atom. The fourth-order valence-electron chi connectivity index (χ4n) is 6.07. The molecule has 322 valence electrons. The summed E-state index contributed by atoms with van der Waals surface area (Å²) < 4.78 is 172. The molecule has 0 radical (unpaired) electrons. The number of aliphatic hydroxyl groups is 2. The molecule has 22 heteroatoms. The maximum absolute atomic E-state index is 14.5. The summed E-state index contributed by atoms with van der Waals surface area (Å²) in [5.74, 6) is -8.42. The van der Waals surface area contributed by atoms with Crippen LogP contribution < -0.4 is 10.6 Å². The highest BCUT2D eigenvalue weighted by Gasteiger charge is 2.73. The average molecular weight is 861 g/mol. The highest BCUT2D eigenvalue weighted by Crippen LogP contribution is 2.55. The van der Waals surface area contributed by atoms with Crippen molar-refractivity contribution in [2.24, 2.45) is 0 Å². The van der Waals surface area contributed by atoms with Gasteiger partial charge in [-0.2, -0.15) is 52.7 Å². The molecule has 0 heterocycles. The molecule has 6 N–H and O–H groups in total. The van der Waals surface area contributed by atoms with Gasteiger partial charge in [-0.25, -0.2) is 9.59 Å². The molecule has 3 aromatic rings. The summed E-state index contributed by atoms with van der Waals surface area (Å²) >= 11 is 0. The summed E-state index contributed by atoms with van der Waals surface area (Å²) in [6.07, 6.45) is -26.6. The topological polar surface area (TPSA) is 173 Å². The number of carboxylic acids is 2. The van der Waals surface area contributed by atoms with Crippen LogP contribution in [0.25, 0.3) is 11.1 Å². The monoisotopic (exact) mass is 860 g/mol. The Bertz CT molecular complexity index is 2200. The van der Waals surface area contributed by atoms with Gasteiger partial charge in [0.05, 0.1) is 22.3 Å². The first-order valence-corrected chi connectivity index (χ1v) is 16.5. The number of aromatic carboxylic acids is 2. The minimum Gasteiger partial charge on any atom is -0.478 e. The number of hydrogen-bond acceptors (Lipinski definition) is 6. The molecule has 1 unspecified atom stereocenters. The molecule has 0 saturated heterocycles. The summed E-state index contributed by atoms with van der Waals surface area (Å²) in [4.78, 5) is 50.4. The molecule has 10 nitrogen and oxygen atoms in total. The minimum atomic E-state index is -6.76. The summed E-state index contributed by atoms with van der Waals surface area (Å²) in [7, 11) is 0. The van der Waals surface area contributed by atoms with Gasteiger partial charge in [0.1, 0.15) is 0 Å². The number of amides is 2. The van der Waals surface area contributed by atoms with Crippen molar-refractivity contribution in [3.05, 3.63) is 98.7 Å². The largest absolute Gasteiger partial charge is 0.478 e. The van der Waals surface area contributed by atoms with Gasteiger partial charge in [-0.05, 0) is 91.3 Å².